The van der Waals surface area contributed by atoms with Crippen LogP contribution in [0.5, 0.6) is 0 Å². The van der Waals surface area contributed by atoms with Gasteiger partial charge in [0.05, 0.1) is 29.8 Å². The average Bonchev–Trinajstić information content (AvgIpc) is 3.28. The molecule has 1 aliphatic heterocycles. The monoisotopic (exact) mass is 681 g/mol. The van der Waals surface area contributed by atoms with E-state index < -0.39 is 64.9 Å². The highest BCUT2D eigenvalue weighted by Gasteiger charge is 2.44. The van der Waals surface area contributed by atoms with Crippen LogP contribution in [0.4, 0.5) is 39.9 Å². The third-order valence-electron chi connectivity index (χ3n) is 8.86. The van der Waals surface area contributed by atoms with E-state index in [2.05, 4.69) is 4.74 Å². The van der Waals surface area contributed by atoms with Gasteiger partial charge in [-0.15, -0.1) is 0 Å². The normalized spacial score (nSPS) is 19.8. The summed E-state index contributed by atoms with van der Waals surface area (Å²) in [5.41, 5.74) is -1.94. The molecule has 1 aliphatic carbocycles. The van der Waals surface area contributed by atoms with E-state index in [9.17, 15) is 35.9 Å². The van der Waals surface area contributed by atoms with E-state index in [1.54, 1.807) is 0 Å². The molecule has 3 aromatic rings. The molecule has 13 heteroatoms. The Morgan fingerprint density at radius 2 is 1.56 bits per heavy atom. The Balaban J connectivity index is 1.52. The fourth-order valence-corrected chi connectivity index (χ4v) is 6.32. The topological polar surface area (TPSA) is 55.8 Å². The lowest BCUT2D eigenvalue weighted by atomic mass is 9.72. The number of carbonyl (C=O) groups is 2. The van der Waals surface area contributed by atoms with Crippen LogP contribution in [0, 0.1) is 17.0 Å². The smallest absolute Gasteiger partial charge is 0.416 e. The van der Waals surface area contributed by atoms with Crippen LogP contribution in [0.1, 0.15) is 78.7 Å². The number of nitrogens with zero attached hydrogens (tertiary/aromatic N) is 1. The van der Waals surface area contributed by atoms with Gasteiger partial charge < -0.3 is 9.47 Å². The SMILES string of the molecule is COC(=O)c1ccc(-c2cc(C3=C(CN4C(=O)O[C@H](c5cc(C(F)(F)F)cc(C(F)(F)F)c5)[C@@H]4C)CC(C)(C)CC3)ccc2F)c(F)c1. The molecule has 5 rings (SSSR count). The van der Waals surface area contributed by atoms with Gasteiger partial charge in [-0.2, -0.15) is 26.3 Å². The van der Waals surface area contributed by atoms with Crippen molar-refractivity contribution < 1.29 is 54.2 Å². The molecule has 1 saturated heterocycles. The van der Waals surface area contributed by atoms with Crippen LogP contribution in [-0.4, -0.2) is 36.7 Å². The second-order valence-corrected chi connectivity index (χ2v) is 12.8. The maximum Gasteiger partial charge on any atom is 0.416 e. The Hall–Kier alpha value is -4.42. The minimum Gasteiger partial charge on any atom is -0.465 e. The van der Waals surface area contributed by atoms with Crippen molar-refractivity contribution in [2.75, 3.05) is 13.7 Å². The number of benzene rings is 3. The standard InChI is InChI=1S/C35H31F8NO4/c1-18-30(21-11-23(34(38,39)40)15-24(12-21)35(41,42)43)48-32(46)44(18)17-22-16-33(2,3)10-9-25(22)19-6-8-28(36)27(13-19)26-7-5-20(14-29(26)37)31(45)47-4/h5-8,11-15,18,30H,9-10,16-17H2,1-4H3/t18-,30-/m0/s1. The molecule has 0 unspecified atom stereocenters. The maximum atomic E-state index is 15.1. The quantitative estimate of drug-likeness (QED) is 0.192. The lowest BCUT2D eigenvalue weighted by Gasteiger charge is -2.35. The summed E-state index contributed by atoms with van der Waals surface area (Å²) in [6.45, 7) is 5.44. The van der Waals surface area contributed by atoms with Gasteiger partial charge in [-0.3, -0.25) is 4.90 Å². The Morgan fingerprint density at radius 3 is 2.15 bits per heavy atom. The van der Waals surface area contributed by atoms with Crippen LogP contribution in [0.15, 0.2) is 60.2 Å². The molecule has 0 N–H and O–H groups in total. The van der Waals surface area contributed by atoms with Crippen LogP contribution in [0.3, 0.4) is 0 Å². The van der Waals surface area contributed by atoms with Crippen LogP contribution in [-0.2, 0) is 21.8 Å². The minimum absolute atomic E-state index is 0.0141. The number of alkyl halides is 6. The predicted molar refractivity (Wildman–Crippen MR) is 160 cm³/mol. The zero-order valence-corrected chi connectivity index (χ0v) is 26.3. The number of carbonyl (C=O) groups excluding carboxylic acids is 2. The third kappa shape index (κ3) is 7.05. The first kappa shape index (κ1) is 34.9. The molecule has 0 spiro atoms. The van der Waals surface area contributed by atoms with E-state index in [4.69, 9.17) is 4.74 Å². The van der Waals surface area contributed by atoms with Crippen LogP contribution in [0.25, 0.3) is 16.7 Å². The highest BCUT2D eigenvalue weighted by Crippen LogP contribution is 2.46. The van der Waals surface area contributed by atoms with Crippen molar-refractivity contribution in [3.05, 3.63) is 99.6 Å². The Kier molecular flexibility index (Phi) is 9.13. The zero-order valence-electron chi connectivity index (χ0n) is 26.3. The number of hydrogen-bond acceptors (Lipinski definition) is 4. The first-order chi connectivity index (χ1) is 22.3. The molecule has 0 bridgehead atoms. The number of methoxy groups -OCH3 is 1. The van der Waals surface area contributed by atoms with Gasteiger partial charge >= 0.3 is 24.4 Å². The van der Waals surface area contributed by atoms with E-state index in [0.717, 1.165) is 24.3 Å². The van der Waals surface area contributed by atoms with Crippen LogP contribution in [0.2, 0.25) is 0 Å². The first-order valence-electron chi connectivity index (χ1n) is 14.9. The second kappa shape index (κ2) is 12.6. The van der Waals surface area contributed by atoms with Gasteiger partial charge in [0.15, 0.2) is 0 Å². The molecule has 1 fully saturated rings. The van der Waals surface area contributed by atoms with Crippen LogP contribution < -0.4 is 0 Å². The summed E-state index contributed by atoms with van der Waals surface area (Å²) in [6.07, 6.45) is -10.8. The van der Waals surface area contributed by atoms with Gasteiger partial charge in [0, 0.05) is 17.7 Å². The number of allylic oxidation sites excluding steroid dienone is 1. The summed E-state index contributed by atoms with van der Waals surface area (Å²) in [5.74, 6) is -2.34. The van der Waals surface area contributed by atoms with Crippen molar-refractivity contribution in [2.24, 2.45) is 5.41 Å². The van der Waals surface area contributed by atoms with E-state index >= 15 is 8.78 Å². The van der Waals surface area contributed by atoms with Gasteiger partial charge in [0.2, 0.25) is 0 Å². The Morgan fingerprint density at radius 1 is 0.917 bits per heavy atom. The number of rotatable bonds is 6. The number of esters is 1. The number of amides is 1. The molecule has 1 heterocycles. The Labute approximate surface area is 271 Å². The molecule has 256 valence electrons. The molecule has 5 nitrogen and oxygen atoms in total. The number of halogens is 8. The van der Waals surface area contributed by atoms with E-state index in [0.29, 0.717) is 37.0 Å². The summed E-state index contributed by atoms with van der Waals surface area (Å²) >= 11 is 0. The summed E-state index contributed by atoms with van der Waals surface area (Å²) in [5, 5.41) is 0. The van der Waals surface area contributed by atoms with E-state index in [1.165, 1.54) is 42.2 Å². The molecule has 3 aromatic carbocycles. The van der Waals surface area contributed by atoms with Crippen molar-refractivity contribution in [1.82, 2.24) is 4.90 Å². The summed E-state index contributed by atoms with van der Waals surface area (Å²) in [4.78, 5) is 26.2. The van der Waals surface area contributed by atoms with E-state index in [-0.39, 0.29) is 34.7 Å². The number of hydrogen-bond donors (Lipinski definition) is 0. The molecule has 48 heavy (non-hydrogen) atoms. The average molecular weight is 682 g/mol. The fourth-order valence-electron chi connectivity index (χ4n) is 6.32. The van der Waals surface area contributed by atoms with Crippen molar-refractivity contribution in [3.63, 3.8) is 0 Å². The predicted octanol–water partition coefficient (Wildman–Crippen LogP) is 10.0. The second-order valence-electron chi connectivity index (χ2n) is 12.8. The fraction of sp³-hybridized carbons (Fsp3) is 0.371. The summed E-state index contributed by atoms with van der Waals surface area (Å²) < 4.78 is 122. The van der Waals surface area contributed by atoms with Gasteiger partial charge in [0.1, 0.15) is 17.7 Å². The molecule has 1 amide bonds. The van der Waals surface area contributed by atoms with Crippen molar-refractivity contribution in [2.45, 2.75) is 64.5 Å². The number of ether oxygens (including phenoxy) is 2. The summed E-state index contributed by atoms with van der Waals surface area (Å²) in [7, 11) is 1.14. The van der Waals surface area contributed by atoms with Crippen LogP contribution >= 0.6 is 0 Å². The van der Waals surface area contributed by atoms with E-state index in [1.807, 2.05) is 13.8 Å². The largest absolute Gasteiger partial charge is 0.465 e. The maximum absolute atomic E-state index is 15.1. The molecule has 0 saturated carbocycles. The number of cyclic esters (lactones) is 1. The zero-order chi connectivity index (χ0) is 35.3. The van der Waals surface area contributed by atoms with Gasteiger partial charge in [0.25, 0.3) is 0 Å². The van der Waals surface area contributed by atoms with Gasteiger partial charge in [-0.05, 0) is 96.3 Å². The highest BCUT2D eigenvalue weighted by atomic mass is 19.4. The Bertz CT molecular complexity index is 1760. The molecule has 2 atom stereocenters. The molecule has 2 aliphatic rings. The van der Waals surface area contributed by atoms with Crippen molar-refractivity contribution in [3.8, 4) is 11.1 Å². The molecule has 0 radical (unpaired) electrons. The van der Waals surface area contributed by atoms with Gasteiger partial charge in [-0.25, -0.2) is 18.4 Å². The van der Waals surface area contributed by atoms with Gasteiger partial charge in [-0.1, -0.05) is 26.0 Å². The lowest BCUT2D eigenvalue weighted by Crippen LogP contribution is -2.35. The molecule has 0 aromatic heterocycles. The first-order valence-corrected chi connectivity index (χ1v) is 14.9. The summed E-state index contributed by atoms with van der Waals surface area (Å²) in [6, 6.07) is 7.85. The van der Waals surface area contributed by atoms with Crippen molar-refractivity contribution >= 4 is 17.6 Å². The molecular weight excluding hydrogens is 650 g/mol. The van der Waals surface area contributed by atoms with Crippen molar-refractivity contribution in [1.29, 1.82) is 0 Å². The lowest BCUT2D eigenvalue weighted by molar-refractivity contribution is -0.143. The minimum atomic E-state index is -5.07. The third-order valence-corrected chi connectivity index (χ3v) is 8.86. The molecular formula is C35H31F8NO4. The highest BCUT2D eigenvalue weighted by molar-refractivity contribution is 5.90.